The third-order valence-corrected chi connectivity index (χ3v) is 6.84. The first-order valence-corrected chi connectivity index (χ1v) is 12.2. The molecule has 1 fully saturated rings. The molecule has 4 nitrogen and oxygen atoms in total. The van der Waals surface area contributed by atoms with Crippen molar-refractivity contribution in [2.24, 2.45) is 11.8 Å². The zero-order chi connectivity index (χ0) is 23.8. The highest BCUT2D eigenvalue weighted by molar-refractivity contribution is 5.47. The van der Waals surface area contributed by atoms with E-state index in [2.05, 4.69) is 86.6 Å². The van der Waals surface area contributed by atoms with E-state index in [1.807, 2.05) is 18.2 Å². The van der Waals surface area contributed by atoms with Crippen LogP contribution >= 0.6 is 0 Å². The fraction of sp³-hybridized carbons (Fsp3) is 0.400. The molecule has 0 spiro atoms. The van der Waals surface area contributed by atoms with Gasteiger partial charge in [-0.1, -0.05) is 105 Å². The Bertz CT molecular complexity index is 876. The van der Waals surface area contributed by atoms with Gasteiger partial charge in [-0.25, -0.2) is 0 Å². The summed E-state index contributed by atoms with van der Waals surface area (Å²) in [4.78, 5) is 0. The Balaban J connectivity index is 1.61. The molecule has 1 saturated heterocycles. The van der Waals surface area contributed by atoms with Crippen LogP contribution in [0.3, 0.4) is 0 Å². The lowest BCUT2D eigenvalue weighted by atomic mass is 9.80. The van der Waals surface area contributed by atoms with Gasteiger partial charge in [-0.3, -0.25) is 0 Å². The molecule has 1 aliphatic rings. The summed E-state index contributed by atoms with van der Waals surface area (Å²) in [6, 6.07) is 31.5. The smallest absolute Gasteiger partial charge is 0.146 e. The molecule has 3 aromatic carbocycles. The molecule has 0 saturated carbocycles. The van der Waals surface area contributed by atoms with Gasteiger partial charge < -0.3 is 18.9 Å². The zero-order valence-corrected chi connectivity index (χ0v) is 20.4. The van der Waals surface area contributed by atoms with E-state index in [-0.39, 0.29) is 24.9 Å². The van der Waals surface area contributed by atoms with Gasteiger partial charge in [0.1, 0.15) is 12.4 Å². The monoisotopic (exact) mass is 460 g/mol. The minimum absolute atomic E-state index is 0.0515. The van der Waals surface area contributed by atoms with Crippen molar-refractivity contribution in [1.29, 1.82) is 0 Å². The second kappa shape index (κ2) is 11.8. The van der Waals surface area contributed by atoms with Crippen LogP contribution in [0.4, 0.5) is 0 Å². The van der Waals surface area contributed by atoms with Crippen LogP contribution in [-0.4, -0.2) is 39.3 Å². The second-order valence-corrected chi connectivity index (χ2v) is 9.16. The van der Waals surface area contributed by atoms with E-state index < -0.39 is 5.60 Å². The van der Waals surface area contributed by atoms with E-state index >= 15 is 0 Å². The number of hydrogen-bond donors (Lipinski definition) is 0. The molecular weight excluding hydrogens is 424 g/mol. The summed E-state index contributed by atoms with van der Waals surface area (Å²) in [5, 5.41) is 0. The van der Waals surface area contributed by atoms with E-state index in [1.54, 1.807) is 7.11 Å². The number of rotatable bonds is 13. The summed E-state index contributed by atoms with van der Waals surface area (Å²) in [7, 11) is 1.66. The van der Waals surface area contributed by atoms with Gasteiger partial charge in [0.2, 0.25) is 0 Å². The lowest BCUT2D eigenvalue weighted by Crippen LogP contribution is -2.36. The van der Waals surface area contributed by atoms with Crippen LogP contribution in [0.2, 0.25) is 0 Å². The predicted octanol–water partition coefficient (Wildman–Crippen LogP) is 6.05. The molecule has 4 heteroatoms. The highest BCUT2D eigenvalue weighted by atomic mass is 16.7. The van der Waals surface area contributed by atoms with Gasteiger partial charge in [0, 0.05) is 19.6 Å². The van der Waals surface area contributed by atoms with Gasteiger partial charge in [0.05, 0.1) is 18.8 Å². The van der Waals surface area contributed by atoms with E-state index in [0.717, 1.165) is 29.7 Å². The average Bonchev–Trinajstić information content (AvgIpc) is 3.74. The van der Waals surface area contributed by atoms with Gasteiger partial charge >= 0.3 is 0 Å². The molecule has 0 N–H and O–H groups in total. The number of methoxy groups -OCH3 is 1. The summed E-state index contributed by atoms with van der Waals surface area (Å²) in [5.41, 5.74) is 2.66. The van der Waals surface area contributed by atoms with E-state index in [9.17, 15) is 0 Å². The Morgan fingerprint density at radius 1 is 0.824 bits per heavy atom. The Labute approximate surface area is 203 Å². The van der Waals surface area contributed by atoms with Crippen molar-refractivity contribution in [3.05, 3.63) is 108 Å². The van der Waals surface area contributed by atoms with Crippen molar-refractivity contribution >= 4 is 0 Å². The fourth-order valence-electron chi connectivity index (χ4n) is 4.88. The molecule has 0 radical (unpaired) electrons. The van der Waals surface area contributed by atoms with Gasteiger partial charge in [-0.15, -0.1) is 0 Å². The van der Waals surface area contributed by atoms with Gasteiger partial charge in [-0.05, 0) is 29.0 Å². The molecule has 4 rings (SSSR count). The first-order chi connectivity index (χ1) is 16.7. The number of hydrogen-bond acceptors (Lipinski definition) is 4. The van der Waals surface area contributed by atoms with Crippen LogP contribution in [-0.2, 0) is 24.5 Å². The van der Waals surface area contributed by atoms with Crippen LogP contribution in [0.5, 0.6) is 0 Å². The zero-order valence-electron chi connectivity index (χ0n) is 20.4. The lowest BCUT2D eigenvalue weighted by molar-refractivity contribution is -0.116. The van der Waals surface area contributed by atoms with Gasteiger partial charge in [0.25, 0.3) is 0 Å². The third kappa shape index (κ3) is 5.59. The second-order valence-electron chi connectivity index (χ2n) is 9.16. The number of epoxide rings is 1. The Morgan fingerprint density at radius 3 is 1.71 bits per heavy atom. The summed E-state index contributed by atoms with van der Waals surface area (Å²) in [6.07, 6.45) is 1.19. The molecule has 0 bridgehead atoms. The normalized spacial score (nSPS) is 18.3. The maximum atomic E-state index is 6.95. The van der Waals surface area contributed by atoms with Crippen molar-refractivity contribution in [1.82, 2.24) is 0 Å². The van der Waals surface area contributed by atoms with Crippen LogP contribution in [0.1, 0.15) is 37.0 Å². The van der Waals surface area contributed by atoms with Crippen molar-refractivity contribution in [3.63, 3.8) is 0 Å². The highest BCUT2D eigenvalue weighted by Crippen LogP contribution is 2.41. The molecule has 180 valence electrons. The first kappa shape index (κ1) is 24.6. The van der Waals surface area contributed by atoms with Crippen LogP contribution in [0, 0.1) is 11.8 Å². The third-order valence-electron chi connectivity index (χ3n) is 6.84. The van der Waals surface area contributed by atoms with Crippen LogP contribution < -0.4 is 0 Å². The van der Waals surface area contributed by atoms with Crippen LogP contribution in [0.15, 0.2) is 91.0 Å². The maximum absolute atomic E-state index is 6.95. The summed E-state index contributed by atoms with van der Waals surface area (Å²) in [5.74, 6) is 0.599. The molecule has 4 atom stereocenters. The fourth-order valence-corrected chi connectivity index (χ4v) is 4.88. The molecule has 0 aliphatic carbocycles. The van der Waals surface area contributed by atoms with Crippen molar-refractivity contribution in [2.75, 3.05) is 27.1 Å². The van der Waals surface area contributed by atoms with E-state index in [4.69, 9.17) is 18.9 Å². The largest absolute Gasteiger partial charge is 0.373 e. The van der Waals surface area contributed by atoms with Crippen molar-refractivity contribution in [2.45, 2.75) is 38.1 Å². The standard InChI is InChI=1S/C30H36O4/c1-23(29(33-22-31-3)24(2)28-21-32-28)19-20-34-30(25-13-7-4-8-14-25,26-15-9-5-10-16-26)27-17-11-6-12-18-27/h4-18,23-24,28-29H,19-22H2,1-3H3/t23-,24-,28-,29+/m0/s1. The minimum Gasteiger partial charge on any atom is -0.373 e. The summed E-state index contributed by atoms with van der Waals surface area (Å²) < 4.78 is 23.8. The quantitative estimate of drug-likeness (QED) is 0.177. The number of benzene rings is 3. The van der Waals surface area contributed by atoms with Gasteiger partial charge in [-0.2, -0.15) is 0 Å². The Kier molecular flexibility index (Phi) is 8.52. The topological polar surface area (TPSA) is 40.2 Å². The van der Waals surface area contributed by atoms with Gasteiger partial charge in [0.15, 0.2) is 0 Å². The highest BCUT2D eigenvalue weighted by Gasteiger charge is 2.40. The minimum atomic E-state index is -0.697. The maximum Gasteiger partial charge on any atom is 0.146 e. The first-order valence-electron chi connectivity index (χ1n) is 12.2. The SMILES string of the molecule is COCO[C@@H]([C@@H](C)[C@@H]1CO1)[C@@H](C)CCOC(c1ccccc1)(c1ccccc1)c1ccccc1. The Hall–Kier alpha value is -2.50. The number of ether oxygens (including phenoxy) is 4. The molecule has 0 amide bonds. The molecule has 0 aromatic heterocycles. The predicted molar refractivity (Wildman–Crippen MR) is 135 cm³/mol. The lowest BCUT2D eigenvalue weighted by Gasteiger charge is -2.37. The molecule has 3 aromatic rings. The molecule has 0 unspecified atom stereocenters. The van der Waals surface area contributed by atoms with E-state index in [1.165, 1.54) is 0 Å². The summed E-state index contributed by atoms with van der Waals surface area (Å²) >= 11 is 0. The average molecular weight is 461 g/mol. The van der Waals surface area contributed by atoms with Crippen molar-refractivity contribution in [3.8, 4) is 0 Å². The van der Waals surface area contributed by atoms with Crippen LogP contribution in [0.25, 0.3) is 0 Å². The summed E-state index contributed by atoms with van der Waals surface area (Å²) in [6.45, 7) is 6.13. The molecule has 34 heavy (non-hydrogen) atoms. The molecule has 1 aliphatic heterocycles. The van der Waals surface area contributed by atoms with Crippen molar-refractivity contribution < 1.29 is 18.9 Å². The van der Waals surface area contributed by atoms with E-state index in [0.29, 0.717) is 12.5 Å². The molecular formula is C30H36O4. The Morgan fingerprint density at radius 2 is 1.29 bits per heavy atom. The molecule has 1 heterocycles.